The Morgan fingerprint density at radius 1 is 1.20 bits per heavy atom. The number of hydrogen-bond acceptors (Lipinski definition) is 3. The molecular formula is C19H21N5O. The topological polar surface area (TPSA) is 64.7 Å². The Labute approximate surface area is 146 Å². The van der Waals surface area contributed by atoms with Gasteiger partial charge in [0.2, 0.25) is 0 Å². The highest BCUT2D eigenvalue weighted by molar-refractivity contribution is 6.04. The number of carbonyl (C=O) groups is 1. The number of nitrogens with one attached hydrogen (secondary N) is 1. The number of aromatic nitrogens is 4. The van der Waals surface area contributed by atoms with Crippen LogP contribution in [0.5, 0.6) is 0 Å². The maximum atomic E-state index is 12.8. The first kappa shape index (κ1) is 15.6. The summed E-state index contributed by atoms with van der Waals surface area (Å²) < 4.78 is 3.72. The molecule has 0 radical (unpaired) electrons. The molecule has 25 heavy (non-hydrogen) atoms. The summed E-state index contributed by atoms with van der Waals surface area (Å²) in [5.74, 6) is 0.679. The van der Waals surface area contributed by atoms with Crippen LogP contribution >= 0.6 is 0 Å². The third-order valence-corrected chi connectivity index (χ3v) is 4.76. The second-order valence-electron chi connectivity index (χ2n) is 6.51. The minimum Gasteiger partial charge on any atom is -0.307 e. The van der Waals surface area contributed by atoms with Crippen molar-refractivity contribution in [2.75, 3.05) is 5.32 Å². The molecule has 0 atom stereocenters. The van der Waals surface area contributed by atoms with Crippen LogP contribution < -0.4 is 5.32 Å². The van der Waals surface area contributed by atoms with Crippen LogP contribution in [0.3, 0.4) is 0 Å². The monoisotopic (exact) mass is 335 g/mol. The van der Waals surface area contributed by atoms with Crippen LogP contribution in [0.4, 0.5) is 5.82 Å². The van der Waals surface area contributed by atoms with Gasteiger partial charge >= 0.3 is 0 Å². The van der Waals surface area contributed by atoms with Crippen LogP contribution in [0.1, 0.15) is 47.6 Å². The molecular weight excluding hydrogens is 314 g/mol. The molecule has 0 bridgehead atoms. The molecule has 1 saturated carbocycles. The molecule has 6 nitrogen and oxygen atoms in total. The highest BCUT2D eigenvalue weighted by atomic mass is 16.1. The Bertz CT molecular complexity index is 875. The number of amides is 1. The zero-order valence-corrected chi connectivity index (χ0v) is 14.2. The van der Waals surface area contributed by atoms with Gasteiger partial charge in [0, 0.05) is 23.5 Å². The molecule has 1 amide bonds. The fourth-order valence-electron chi connectivity index (χ4n) is 3.42. The van der Waals surface area contributed by atoms with Gasteiger partial charge in [-0.2, -0.15) is 10.2 Å². The van der Waals surface area contributed by atoms with Crippen LogP contribution in [0.2, 0.25) is 0 Å². The van der Waals surface area contributed by atoms with Crippen LogP contribution in [0.15, 0.2) is 48.9 Å². The maximum Gasteiger partial charge on any atom is 0.256 e. The predicted molar refractivity (Wildman–Crippen MR) is 96.0 cm³/mol. The molecule has 0 spiro atoms. The van der Waals surface area contributed by atoms with E-state index < -0.39 is 0 Å². The van der Waals surface area contributed by atoms with Crippen molar-refractivity contribution in [3.8, 4) is 5.69 Å². The van der Waals surface area contributed by atoms with Gasteiger partial charge in [0.25, 0.3) is 5.91 Å². The average molecular weight is 335 g/mol. The average Bonchev–Trinajstić information content (AvgIpc) is 3.37. The molecule has 1 aromatic carbocycles. The van der Waals surface area contributed by atoms with Crippen LogP contribution in [-0.4, -0.2) is 25.5 Å². The van der Waals surface area contributed by atoms with E-state index in [0.29, 0.717) is 11.6 Å². The Morgan fingerprint density at radius 3 is 2.80 bits per heavy atom. The van der Waals surface area contributed by atoms with Crippen molar-refractivity contribution >= 4 is 11.7 Å². The molecule has 0 unspecified atom stereocenters. The standard InChI is InChI=1S/C19H21N5O/c1-14-13-21-24(16-7-2-3-8-16)18(14)22-19(25)15-6-4-9-17(12-15)23-11-5-10-20-23/h4-6,9-13,16H,2-3,7-8H2,1H3,(H,22,25). The number of aryl methyl sites for hydroxylation is 1. The second kappa shape index (κ2) is 6.55. The molecule has 1 aliphatic rings. The predicted octanol–water partition coefficient (Wildman–Crippen LogP) is 3.74. The summed E-state index contributed by atoms with van der Waals surface area (Å²) in [6, 6.07) is 9.70. The van der Waals surface area contributed by atoms with Gasteiger partial charge in [-0.15, -0.1) is 0 Å². The van der Waals surface area contributed by atoms with E-state index in [2.05, 4.69) is 15.5 Å². The lowest BCUT2D eigenvalue weighted by atomic mass is 10.2. The molecule has 128 valence electrons. The molecule has 3 aromatic rings. The van der Waals surface area contributed by atoms with E-state index in [-0.39, 0.29) is 5.91 Å². The van der Waals surface area contributed by atoms with Gasteiger partial charge in [0.05, 0.1) is 17.9 Å². The minimum atomic E-state index is -0.128. The van der Waals surface area contributed by atoms with Crippen molar-refractivity contribution in [2.45, 2.75) is 38.6 Å². The minimum absolute atomic E-state index is 0.128. The molecule has 0 aliphatic heterocycles. The highest BCUT2D eigenvalue weighted by Crippen LogP contribution is 2.32. The third-order valence-electron chi connectivity index (χ3n) is 4.76. The Hall–Kier alpha value is -2.89. The van der Waals surface area contributed by atoms with Gasteiger partial charge in [-0.05, 0) is 44.0 Å². The third kappa shape index (κ3) is 3.07. The van der Waals surface area contributed by atoms with E-state index in [1.807, 2.05) is 54.3 Å². The number of nitrogens with zero attached hydrogens (tertiary/aromatic N) is 4. The first-order chi connectivity index (χ1) is 12.2. The molecule has 0 saturated heterocycles. The largest absolute Gasteiger partial charge is 0.307 e. The van der Waals surface area contributed by atoms with Gasteiger partial charge in [-0.3, -0.25) is 4.79 Å². The summed E-state index contributed by atoms with van der Waals surface area (Å²) in [6.07, 6.45) is 10.1. The lowest BCUT2D eigenvalue weighted by molar-refractivity contribution is 0.102. The summed E-state index contributed by atoms with van der Waals surface area (Å²) in [6.45, 7) is 1.98. The SMILES string of the molecule is Cc1cnn(C2CCCC2)c1NC(=O)c1cccc(-n2cccn2)c1. The fourth-order valence-corrected chi connectivity index (χ4v) is 3.42. The number of anilines is 1. The van der Waals surface area contributed by atoms with Crippen LogP contribution in [0.25, 0.3) is 5.69 Å². The smallest absolute Gasteiger partial charge is 0.256 e. The fraction of sp³-hybridized carbons (Fsp3) is 0.316. The zero-order chi connectivity index (χ0) is 17.2. The molecule has 1 aliphatic carbocycles. The first-order valence-electron chi connectivity index (χ1n) is 8.68. The Balaban J connectivity index is 1.59. The molecule has 1 fully saturated rings. The van der Waals surface area contributed by atoms with Gasteiger partial charge in [-0.25, -0.2) is 9.36 Å². The van der Waals surface area contributed by atoms with Gasteiger partial charge in [0.1, 0.15) is 5.82 Å². The Morgan fingerprint density at radius 2 is 2.04 bits per heavy atom. The van der Waals surface area contributed by atoms with E-state index in [1.54, 1.807) is 10.9 Å². The summed E-state index contributed by atoms with van der Waals surface area (Å²) >= 11 is 0. The number of hydrogen-bond donors (Lipinski definition) is 1. The number of rotatable bonds is 4. The van der Waals surface area contributed by atoms with Gasteiger partial charge in [0.15, 0.2) is 0 Å². The van der Waals surface area contributed by atoms with Crippen molar-refractivity contribution in [1.82, 2.24) is 19.6 Å². The maximum absolute atomic E-state index is 12.8. The van der Waals surface area contributed by atoms with E-state index in [0.717, 1.165) is 29.9 Å². The molecule has 2 aromatic heterocycles. The first-order valence-corrected chi connectivity index (χ1v) is 8.68. The summed E-state index contributed by atoms with van der Waals surface area (Å²) in [7, 11) is 0. The van der Waals surface area contributed by atoms with Gasteiger partial charge < -0.3 is 5.32 Å². The van der Waals surface area contributed by atoms with Crippen molar-refractivity contribution in [2.24, 2.45) is 0 Å². The van der Waals surface area contributed by atoms with Crippen molar-refractivity contribution in [3.05, 3.63) is 60.0 Å². The summed E-state index contributed by atoms with van der Waals surface area (Å²) in [5.41, 5.74) is 2.45. The van der Waals surface area contributed by atoms with E-state index in [4.69, 9.17) is 0 Å². The summed E-state index contributed by atoms with van der Waals surface area (Å²) in [4.78, 5) is 12.8. The Kier molecular flexibility index (Phi) is 4.09. The lowest BCUT2D eigenvalue weighted by Crippen LogP contribution is -2.18. The quantitative estimate of drug-likeness (QED) is 0.790. The zero-order valence-electron chi connectivity index (χ0n) is 14.2. The lowest BCUT2D eigenvalue weighted by Gasteiger charge is -2.15. The van der Waals surface area contributed by atoms with Crippen molar-refractivity contribution in [3.63, 3.8) is 0 Å². The van der Waals surface area contributed by atoms with E-state index in [9.17, 15) is 4.79 Å². The normalized spacial score (nSPS) is 14.8. The van der Waals surface area contributed by atoms with Gasteiger partial charge in [-0.1, -0.05) is 18.9 Å². The molecule has 4 rings (SSSR count). The molecule has 1 N–H and O–H groups in total. The van der Waals surface area contributed by atoms with Crippen LogP contribution in [0, 0.1) is 6.92 Å². The highest BCUT2D eigenvalue weighted by Gasteiger charge is 2.22. The summed E-state index contributed by atoms with van der Waals surface area (Å²) in [5, 5.41) is 11.8. The van der Waals surface area contributed by atoms with Crippen molar-refractivity contribution in [1.29, 1.82) is 0 Å². The molecule has 6 heteroatoms. The van der Waals surface area contributed by atoms with E-state index in [1.165, 1.54) is 12.8 Å². The van der Waals surface area contributed by atoms with Crippen molar-refractivity contribution < 1.29 is 4.79 Å². The molecule has 2 heterocycles. The number of carbonyl (C=O) groups excluding carboxylic acids is 1. The van der Waals surface area contributed by atoms with Crippen LogP contribution in [-0.2, 0) is 0 Å². The second-order valence-corrected chi connectivity index (χ2v) is 6.51. The van der Waals surface area contributed by atoms with E-state index >= 15 is 0 Å². The number of benzene rings is 1.